The van der Waals surface area contributed by atoms with Gasteiger partial charge in [-0.3, -0.25) is 4.79 Å². The van der Waals surface area contributed by atoms with E-state index in [4.69, 9.17) is 5.11 Å². The summed E-state index contributed by atoms with van der Waals surface area (Å²) in [5.74, 6) is -5.50. The van der Waals surface area contributed by atoms with E-state index < -0.39 is 29.4 Å². The van der Waals surface area contributed by atoms with Gasteiger partial charge in [0.25, 0.3) is 0 Å². The zero-order valence-electron chi connectivity index (χ0n) is 9.66. The molecule has 1 heterocycles. The second kappa shape index (κ2) is 5.08. The van der Waals surface area contributed by atoms with E-state index in [-0.39, 0.29) is 5.56 Å². The number of fused-ring (bicyclic) bond motifs is 1. The maximum Gasteiger partial charge on any atom is 0.451 e. The number of anilines is 1. The van der Waals surface area contributed by atoms with Crippen molar-refractivity contribution in [2.45, 2.75) is 12.1 Å². The lowest BCUT2D eigenvalue weighted by Gasteiger charge is -2.25. The van der Waals surface area contributed by atoms with Crippen molar-refractivity contribution in [3.05, 3.63) is 39.1 Å². The SMILES string of the molecule is O=C(O)C1=CNc2cc(I)ccc2C1C(=O)C(F)(F)F. The topological polar surface area (TPSA) is 66.4 Å². The summed E-state index contributed by atoms with van der Waals surface area (Å²) in [6.07, 6.45) is -4.17. The number of rotatable bonds is 2. The molecule has 0 bridgehead atoms. The predicted molar refractivity (Wildman–Crippen MR) is 72.3 cm³/mol. The summed E-state index contributed by atoms with van der Waals surface area (Å²) in [7, 11) is 0. The first-order chi connectivity index (χ1) is 9.21. The number of aliphatic carboxylic acids is 1. The van der Waals surface area contributed by atoms with E-state index in [9.17, 15) is 22.8 Å². The van der Waals surface area contributed by atoms with Crippen LogP contribution in [0.2, 0.25) is 0 Å². The second-order valence-electron chi connectivity index (χ2n) is 4.08. The highest BCUT2D eigenvalue weighted by Crippen LogP contribution is 2.39. The Morgan fingerprint density at radius 3 is 2.50 bits per heavy atom. The molecule has 2 N–H and O–H groups in total. The first-order valence-electron chi connectivity index (χ1n) is 5.32. The number of carbonyl (C=O) groups is 2. The molecule has 106 valence electrons. The van der Waals surface area contributed by atoms with Gasteiger partial charge in [-0.25, -0.2) is 4.79 Å². The molecule has 20 heavy (non-hydrogen) atoms. The van der Waals surface area contributed by atoms with Crippen LogP contribution in [-0.4, -0.2) is 23.0 Å². The molecule has 0 radical (unpaired) electrons. The number of Topliss-reactive ketones (excluding diaryl/α,β-unsaturated/α-hetero) is 1. The van der Waals surface area contributed by atoms with Gasteiger partial charge in [0.2, 0.25) is 5.78 Å². The van der Waals surface area contributed by atoms with Gasteiger partial charge >= 0.3 is 12.1 Å². The lowest BCUT2D eigenvalue weighted by molar-refractivity contribution is -0.172. The maximum absolute atomic E-state index is 12.7. The number of nitrogens with one attached hydrogen (secondary N) is 1. The maximum atomic E-state index is 12.7. The van der Waals surface area contributed by atoms with Crippen molar-refractivity contribution in [2.24, 2.45) is 0 Å². The van der Waals surface area contributed by atoms with Crippen LogP contribution in [0.15, 0.2) is 30.0 Å². The Bertz CT molecular complexity index is 625. The minimum atomic E-state index is -5.10. The van der Waals surface area contributed by atoms with Gasteiger partial charge < -0.3 is 10.4 Å². The normalized spacial score (nSPS) is 17.8. The Kier molecular flexibility index (Phi) is 3.76. The highest BCUT2D eigenvalue weighted by atomic mass is 127. The molecule has 1 atom stereocenters. The van der Waals surface area contributed by atoms with Gasteiger partial charge in [-0.1, -0.05) is 6.07 Å². The summed E-state index contributed by atoms with van der Waals surface area (Å²) in [6, 6.07) is 4.39. The molecule has 1 unspecified atom stereocenters. The largest absolute Gasteiger partial charge is 0.478 e. The third kappa shape index (κ3) is 2.65. The molecule has 0 aromatic heterocycles. The van der Waals surface area contributed by atoms with Crippen molar-refractivity contribution in [1.29, 1.82) is 0 Å². The zero-order valence-corrected chi connectivity index (χ0v) is 11.8. The zero-order chi connectivity index (χ0) is 15.1. The van der Waals surface area contributed by atoms with Crippen LogP contribution >= 0.6 is 22.6 Å². The summed E-state index contributed by atoms with van der Waals surface area (Å²) in [4.78, 5) is 22.6. The van der Waals surface area contributed by atoms with Gasteiger partial charge in [-0.15, -0.1) is 0 Å². The molecule has 0 fully saturated rings. The van der Waals surface area contributed by atoms with Gasteiger partial charge in [0.15, 0.2) is 0 Å². The minimum Gasteiger partial charge on any atom is -0.478 e. The van der Waals surface area contributed by atoms with Crippen LogP contribution in [0.3, 0.4) is 0 Å². The van der Waals surface area contributed by atoms with E-state index in [0.717, 1.165) is 9.77 Å². The number of ketones is 1. The molecule has 2 rings (SSSR count). The molecule has 0 spiro atoms. The monoisotopic (exact) mass is 397 g/mol. The highest BCUT2D eigenvalue weighted by molar-refractivity contribution is 14.1. The van der Waals surface area contributed by atoms with Gasteiger partial charge in [0.1, 0.15) is 0 Å². The standard InChI is InChI=1S/C12H7F3INO3/c13-12(14,15)10(18)9-6-2-1-5(16)3-8(6)17-4-7(9)11(19)20/h1-4,9,17H,(H,19,20). The van der Waals surface area contributed by atoms with Crippen molar-refractivity contribution < 1.29 is 27.9 Å². The van der Waals surface area contributed by atoms with Gasteiger partial charge in [-0.2, -0.15) is 13.2 Å². The van der Waals surface area contributed by atoms with Crippen LogP contribution in [0.5, 0.6) is 0 Å². The van der Waals surface area contributed by atoms with Crippen LogP contribution < -0.4 is 5.32 Å². The molecular weight excluding hydrogens is 390 g/mol. The van der Waals surface area contributed by atoms with Crippen LogP contribution in [0, 0.1) is 3.57 Å². The average molecular weight is 397 g/mol. The minimum absolute atomic E-state index is 0.00708. The summed E-state index contributed by atoms with van der Waals surface area (Å²) >= 11 is 1.96. The fourth-order valence-electron chi connectivity index (χ4n) is 1.94. The van der Waals surface area contributed by atoms with Gasteiger partial charge in [0.05, 0.1) is 11.5 Å². The summed E-state index contributed by atoms with van der Waals surface area (Å²) in [5.41, 5.74) is -0.321. The van der Waals surface area contributed by atoms with E-state index >= 15 is 0 Å². The first kappa shape index (κ1) is 14.8. The molecule has 1 aliphatic heterocycles. The Morgan fingerprint density at radius 2 is 1.95 bits per heavy atom. The number of hydrogen-bond acceptors (Lipinski definition) is 3. The van der Waals surface area contributed by atoms with Crippen molar-refractivity contribution in [1.82, 2.24) is 0 Å². The Hall–Kier alpha value is -1.58. The molecule has 0 saturated carbocycles. The molecule has 8 heteroatoms. The Morgan fingerprint density at radius 1 is 1.30 bits per heavy atom. The lowest BCUT2D eigenvalue weighted by Crippen LogP contribution is -2.34. The van der Waals surface area contributed by atoms with E-state index in [1.807, 2.05) is 22.6 Å². The van der Waals surface area contributed by atoms with E-state index in [1.165, 1.54) is 12.1 Å². The number of carbonyl (C=O) groups excluding carboxylic acids is 1. The molecule has 0 saturated heterocycles. The third-order valence-corrected chi connectivity index (χ3v) is 3.48. The van der Waals surface area contributed by atoms with E-state index in [1.54, 1.807) is 6.07 Å². The fraction of sp³-hybridized carbons (Fsp3) is 0.167. The fourth-order valence-corrected chi connectivity index (χ4v) is 2.43. The van der Waals surface area contributed by atoms with Crippen molar-refractivity contribution >= 4 is 40.0 Å². The van der Waals surface area contributed by atoms with E-state index in [0.29, 0.717) is 5.69 Å². The summed E-state index contributed by atoms with van der Waals surface area (Å²) < 4.78 is 38.7. The first-order valence-corrected chi connectivity index (χ1v) is 6.40. The number of halogens is 4. The second-order valence-corrected chi connectivity index (χ2v) is 5.32. The molecule has 0 amide bonds. The van der Waals surface area contributed by atoms with Crippen LogP contribution in [-0.2, 0) is 9.59 Å². The highest BCUT2D eigenvalue weighted by Gasteiger charge is 2.48. The van der Waals surface area contributed by atoms with Gasteiger partial charge in [-0.05, 0) is 40.3 Å². The molecule has 1 aromatic carbocycles. The number of carboxylic acid groups (broad SMARTS) is 1. The Balaban J connectivity index is 2.58. The summed E-state index contributed by atoms with van der Waals surface area (Å²) in [5, 5.41) is 11.6. The smallest absolute Gasteiger partial charge is 0.451 e. The lowest BCUT2D eigenvalue weighted by atomic mass is 9.84. The van der Waals surface area contributed by atoms with Crippen molar-refractivity contribution in [3.8, 4) is 0 Å². The van der Waals surface area contributed by atoms with Crippen molar-refractivity contribution in [2.75, 3.05) is 5.32 Å². The summed E-state index contributed by atoms with van der Waals surface area (Å²) in [6.45, 7) is 0. The van der Waals surface area contributed by atoms with Crippen molar-refractivity contribution in [3.63, 3.8) is 0 Å². The van der Waals surface area contributed by atoms with Gasteiger partial charge in [0, 0.05) is 15.5 Å². The molecular formula is C12H7F3INO3. The molecule has 0 aliphatic carbocycles. The van der Waals surface area contributed by atoms with Crippen LogP contribution in [0.1, 0.15) is 11.5 Å². The number of benzene rings is 1. The molecule has 1 aliphatic rings. The van der Waals surface area contributed by atoms with Crippen LogP contribution in [0.4, 0.5) is 18.9 Å². The molecule has 1 aromatic rings. The predicted octanol–water partition coefficient (Wildman–Crippen LogP) is 2.90. The van der Waals surface area contributed by atoms with Crippen LogP contribution in [0.25, 0.3) is 0 Å². The average Bonchev–Trinajstić information content (AvgIpc) is 2.34. The number of carboxylic acids is 1. The molecule has 4 nitrogen and oxygen atoms in total. The number of alkyl halides is 3. The Labute approximate surface area is 124 Å². The third-order valence-electron chi connectivity index (χ3n) is 2.81. The van der Waals surface area contributed by atoms with E-state index in [2.05, 4.69) is 5.32 Å². The quantitative estimate of drug-likeness (QED) is 0.754. The number of hydrogen-bond donors (Lipinski definition) is 2.